The second-order valence-corrected chi connectivity index (χ2v) is 6.73. The van der Waals surface area contributed by atoms with Gasteiger partial charge in [0.25, 0.3) is 5.56 Å². The molecule has 0 saturated carbocycles. The van der Waals surface area contributed by atoms with Crippen molar-refractivity contribution in [3.05, 3.63) is 46.0 Å². The van der Waals surface area contributed by atoms with Crippen LogP contribution in [0.5, 0.6) is 28.7 Å². The van der Waals surface area contributed by atoms with Gasteiger partial charge >= 0.3 is 0 Å². The highest BCUT2D eigenvalue weighted by atomic mass is 35.5. The minimum absolute atomic E-state index is 0.207. The third-order valence-electron chi connectivity index (χ3n) is 4.50. The summed E-state index contributed by atoms with van der Waals surface area (Å²) in [7, 11) is 6.09. The van der Waals surface area contributed by atoms with Crippen molar-refractivity contribution in [2.24, 2.45) is 0 Å². The van der Waals surface area contributed by atoms with E-state index in [4.69, 9.17) is 35.3 Å². The van der Waals surface area contributed by atoms with Crippen LogP contribution in [0.3, 0.4) is 0 Å². The summed E-state index contributed by atoms with van der Waals surface area (Å²) in [4.78, 5) is 19.8. The van der Waals surface area contributed by atoms with Crippen molar-refractivity contribution < 1.29 is 23.7 Å². The molecular weight excluding hydrogens is 424 g/mol. The first-order valence-electron chi connectivity index (χ1n) is 9.38. The van der Waals surface area contributed by atoms with E-state index in [2.05, 4.69) is 9.97 Å². The Labute approximate surface area is 184 Å². The van der Waals surface area contributed by atoms with Gasteiger partial charge in [0, 0.05) is 6.07 Å². The molecule has 31 heavy (non-hydrogen) atoms. The van der Waals surface area contributed by atoms with Crippen LogP contribution in [-0.4, -0.2) is 45.0 Å². The van der Waals surface area contributed by atoms with Gasteiger partial charge in [-0.2, -0.15) is 0 Å². The molecule has 0 amide bonds. The highest BCUT2D eigenvalue weighted by molar-refractivity contribution is 6.50. The molecule has 0 spiro atoms. The van der Waals surface area contributed by atoms with Gasteiger partial charge in [-0.15, -0.1) is 0 Å². The largest absolute Gasteiger partial charge is 0.493 e. The second kappa shape index (κ2) is 9.61. The van der Waals surface area contributed by atoms with Crippen LogP contribution < -0.4 is 29.2 Å². The van der Waals surface area contributed by atoms with Gasteiger partial charge in [0.05, 0.1) is 51.0 Å². The molecule has 3 rings (SSSR count). The molecule has 164 valence electrons. The van der Waals surface area contributed by atoms with Crippen LogP contribution in [0.25, 0.3) is 22.0 Å². The van der Waals surface area contributed by atoms with Crippen LogP contribution in [0, 0.1) is 0 Å². The van der Waals surface area contributed by atoms with Crippen LogP contribution in [0.15, 0.2) is 29.1 Å². The summed E-state index contributed by atoms with van der Waals surface area (Å²) in [5.74, 6) is 2.59. The topological polar surface area (TPSA) is 91.9 Å². The Morgan fingerprint density at radius 1 is 0.968 bits per heavy atom. The van der Waals surface area contributed by atoms with Crippen molar-refractivity contribution in [1.29, 1.82) is 0 Å². The highest BCUT2D eigenvalue weighted by Crippen LogP contribution is 2.39. The lowest BCUT2D eigenvalue weighted by Crippen LogP contribution is -2.11. The third-order valence-corrected chi connectivity index (χ3v) is 4.79. The Morgan fingerprint density at radius 3 is 2.10 bits per heavy atom. The summed E-state index contributed by atoms with van der Waals surface area (Å²) < 4.78 is 27.0. The van der Waals surface area contributed by atoms with Crippen LogP contribution in [-0.2, 0) is 0 Å². The molecule has 0 unspecified atom stereocenters. The molecule has 0 aliphatic rings. The number of hydrogen-bond acceptors (Lipinski definition) is 7. The zero-order valence-electron chi connectivity index (χ0n) is 17.9. The summed E-state index contributed by atoms with van der Waals surface area (Å²) >= 11 is 6.50. The van der Waals surface area contributed by atoms with Gasteiger partial charge in [-0.1, -0.05) is 11.6 Å². The summed E-state index contributed by atoms with van der Waals surface area (Å²) in [5.41, 5.74) is 0.747. The van der Waals surface area contributed by atoms with Gasteiger partial charge in [0.15, 0.2) is 28.8 Å². The molecule has 0 saturated heterocycles. The Hall–Kier alpha value is -3.39. The maximum absolute atomic E-state index is 12.6. The Morgan fingerprint density at radius 2 is 1.55 bits per heavy atom. The number of H-pyrrole nitrogens is 1. The van der Waals surface area contributed by atoms with Gasteiger partial charge in [-0.25, -0.2) is 4.98 Å². The number of rotatable bonds is 8. The summed E-state index contributed by atoms with van der Waals surface area (Å²) in [6, 6.07) is 6.70. The number of aromatic nitrogens is 2. The van der Waals surface area contributed by atoms with Crippen molar-refractivity contribution in [3.8, 4) is 28.7 Å². The molecule has 3 aromatic rings. The average Bonchev–Trinajstić information content (AvgIpc) is 2.78. The molecule has 1 aromatic heterocycles. The summed E-state index contributed by atoms with van der Waals surface area (Å²) in [5, 5.41) is 0.581. The number of nitrogens with one attached hydrogen (secondary N) is 1. The maximum atomic E-state index is 12.6. The van der Waals surface area contributed by atoms with Gasteiger partial charge < -0.3 is 28.7 Å². The monoisotopic (exact) mass is 446 g/mol. The number of halogens is 1. The lowest BCUT2D eigenvalue weighted by molar-refractivity contribution is 0.288. The number of methoxy groups -OCH3 is 4. The Bertz CT molecular complexity index is 1160. The van der Waals surface area contributed by atoms with E-state index in [0.29, 0.717) is 51.8 Å². The number of benzene rings is 2. The van der Waals surface area contributed by atoms with Crippen molar-refractivity contribution in [1.82, 2.24) is 9.97 Å². The summed E-state index contributed by atoms with van der Waals surface area (Å²) in [6.07, 6.45) is 1.65. The van der Waals surface area contributed by atoms with E-state index >= 15 is 0 Å². The first kappa shape index (κ1) is 22.3. The molecular formula is C22H23ClN2O6. The zero-order chi connectivity index (χ0) is 22.5. The molecule has 1 heterocycles. The fraction of sp³-hybridized carbons (Fsp3) is 0.273. The van der Waals surface area contributed by atoms with E-state index in [1.807, 2.05) is 6.92 Å². The molecule has 0 bridgehead atoms. The number of aromatic amines is 1. The molecule has 8 nitrogen and oxygen atoms in total. The van der Waals surface area contributed by atoms with E-state index in [1.165, 1.54) is 28.4 Å². The summed E-state index contributed by atoms with van der Waals surface area (Å²) in [6.45, 7) is 2.33. The predicted octanol–water partition coefficient (Wildman–Crippen LogP) is 4.09. The van der Waals surface area contributed by atoms with E-state index in [1.54, 1.807) is 30.3 Å². The van der Waals surface area contributed by atoms with Crippen molar-refractivity contribution in [3.63, 3.8) is 0 Å². The second-order valence-electron chi connectivity index (χ2n) is 6.32. The Kier molecular flexibility index (Phi) is 6.91. The number of nitrogens with zero attached hydrogens (tertiary/aromatic N) is 1. The first-order valence-corrected chi connectivity index (χ1v) is 9.75. The SMILES string of the molecule is CCOc1c(OC)cc(/C=C(/Cl)c2nc3cc(OC)c(OC)cc3c(=O)[nH]2)cc1OC. The number of ether oxygens (including phenoxy) is 5. The number of hydrogen-bond donors (Lipinski definition) is 1. The molecule has 0 aliphatic carbocycles. The number of fused-ring (bicyclic) bond motifs is 1. The van der Waals surface area contributed by atoms with Gasteiger partial charge in [0.2, 0.25) is 5.75 Å². The molecule has 0 aliphatic heterocycles. The van der Waals surface area contributed by atoms with Crippen molar-refractivity contribution in [2.75, 3.05) is 35.0 Å². The Balaban J connectivity index is 2.10. The highest BCUT2D eigenvalue weighted by Gasteiger charge is 2.15. The maximum Gasteiger partial charge on any atom is 0.259 e. The van der Waals surface area contributed by atoms with Crippen molar-refractivity contribution >= 4 is 33.6 Å². The quantitative estimate of drug-likeness (QED) is 0.557. The van der Waals surface area contributed by atoms with Crippen molar-refractivity contribution in [2.45, 2.75) is 6.92 Å². The molecule has 1 N–H and O–H groups in total. The fourth-order valence-corrected chi connectivity index (χ4v) is 3.28. The first-order chi connectivity index (χ1) is 14.9. The smallest absolute Gasteiger partial charge is 0.259 e. The third kappa shape index (κ3) is 4.54. The van der Waals surface area contributed by atoms with Crippen LogP contribution in [0.1, 0.15) is 18.3 Å². The predicted molar refractivity (Wildman–Crippen MR) is 120 cm³/mol. The zero-order valence-corrected chi connectivity index (χ0v) is 18.6. The minimum Gasteiger partial charge on any atom is -0.493 e. The normalized spacial score (nSPS) is 11.4. The van der Waals surface area contributed by atoms with Gasteiger partial charge in [-0.05, 0) is 36.8 Å². The van der Waals surface area contributed by atoms with Gasteiger partial charge in [0.1, 0.15) is 0 Å². The fourth-order valence-electron chi connectivity index (χ4n) is 3.06. The molecule has 2 aromatic carbocycles. The molecule has 0 fully saturated rings. The molecule has 0 atom stereocenters. The molecule has 0 radical (unpaired) electrons. The van der Waals surface area contributed by atoms with Gasteiger partial charge in [-0.3, -0.25) is 4.79 Å². The van der Waals surface area contributed by atoms with E-state index in [9.17, 15) is 4.79 Å². The standard InChI is InChI=1S/C22H23ClN2O6/c1-6-31-20-18(29-4)8-12(9-19(20)30-5)7-14(23)21-24-15-11-17(28-3)16(27-2)10-13(15)22(26)25-21/h7-11H,6H2,1-5H3,(H,24,25,26)/b14-7+. The molecule has 9 heteroatoms. The van der Waals surface area contributed by atoms with Crippen LogP contribution in [0.2, 0.25) is 0 Å². The minimum atomic E-state index is -0.352. The van der Waals surface area contributed by atoms with E-state index in [-0.39, 0.29) is 16.4 Å². The van der Waals surface area contributed by atoms with E-state index in [0.717, 1.165) is 0 Å². The lowest BCUT2D eigenvalue weighted by Gasteiger charge is -2.14. The van der Waals surface area contributed by atoms with Crippen LogP contribution in [0.4, 0.5) is 0 Å². The average molecular weight is 447 g/mol. The van der Waals surface area contributed by atoms with Crippen LogP contribution >= 0.6 is 11.6 Å². The van der Waals surface area contributed by atoms with E-state index < -0.39 is 0 Å². The lowest BCUT2D eigenvalue weighted by atomic mass is 10.1.